The molecule has 1 fully saturated rings. The Hall–Kier alpha value is -0.450. The smallest absolute Gasteiger partial charge is 0.156 e. The summed E-state index contributed by atoms with van der Waals surface area (Å²) in [5, 5.41) is 7.60. The van der Waals surface area contributed by atoms with Crippen molar-refractivity contribution in [2.45, 2.75) is 25.8 Å². The number of hydrogen-bond acceptors (Lipinski definition) is 3. The number of halogens is 2. The van der Waals surface area contributed by atoms with Crippen molar-refractivity contribution in [1.82, 2.24) is 5.32 Å². The Kier molecular flexibility index (Phi) is 5.15. The summed E-state index contributed by atoms with van der Waals surface area (Å²) in [6, 6.07) is 4.27. The molecule has 3 nitrogen and oxygen atoms in total. The molecule has 0 radical (unpaired) electrons. The molecule has 5 heteroatoms. The Labute approximate surface area is 121 Å². The third-order valence-corrected chi connectivity index (χ3v) is 3.80. The van der Waals surface area contributed by atoms with Gasteiger partial charge in [-0.2, -0.15) is 0 Å². The minimum absolute atomic E-state index is 0.482. The molecule has 1 saturated heterocycles. The van der Waals surface area contributed by atoms with Gasteiger partial charge < -0.3 is 15.4 Å². The van der Waals surface area contributed by atoms with Crippen LogP contribution >= 0.6 is 27.5 Å². The second-order valence-electron chi connectivity index (χ2n) is 4.37. The lowest BCUT2D eigenvalue weighted by Gasteiger charge is -2.26. The van der Waals surface area contributed by atoms with Crippen LogP contribution in [0.4, 0.5) is 5.69 Å². The van der Waals surface area contributed by atoms with Gasteiger partial charge in [0.25, 0.3) is 0 Å². The van der Waals surface area contributed by atoms with Crippen LogP contribution in [0.25, 0.3) is 0 Å². The molecule has 1 heterocycles. The molecule has 0 unspecified atom stereocenters. The molecule has 0 bridgehead atoms. The molecule has 100 valence electrons. The van der Waals surface area contributed by atoms with Crippen molar-refractivity contribution < 1.29 is 4.74 Å². The third-order valence-electron chi connectivity index (χ3n) is 3.00. The second kappa shape index (κ2) is 6.64. The fourth-order valence-corrected chi connectivity index (χ4v) is 3.07. The number of ether oxygens (including phenoxy) is 1. The van der Waals surface area contributed by atoms with Crippen molar-refractivity contribution in [3.8, 4) is 5.75 Å². The largest absolute Gasteiger partial charge is 0.491 e. The predicted molar refractivity (Wildman–Crippen MR) is 79.8 cm³/mol. The molecular formula is C13H18BrClN2O. The van der Waals surface area contributed by atoms with Gasteiger partial charge >= 0.3 is 0 Å². The molecule has 0 aliphatic carbocycles. The molecule has 2 N–H and O–H groups in total. The number of piperidine rings is 1. The molecule has 2 rings (SSSR count). The first-order valence-corrected chi connectivity index (χ1v) is 7.47. The van der Waals surface area contributed by atoms with Crippen molar-refractivity contribution in [1.29, 1.82) is 0 Å². The van der Waals surface area contributed by atoms with Crippen LogP contribution in [0.5, 0.6) is 5.75 Å². The van der Waals surface area contributed by atoms with E-state index in [1.807, 2.05) is 19.1 Å². The van der Waals surface area contributed by atoms with Crippen molar-refractivity contribution in [3.05, 3.63) is 21.6 Å². The highest BCUT2D eigenvalue weighted by Gasteiger charge is 2.16. The topological polar surface area (TPSA) is 33.3 Å². The number of hydrogen-bond donors (Lipinski definition) is 2. The van der Waals surface area contributed by atoms with Gasteiger partial charge in [0.05, 0.1) is 16.8 Å². The maximum atomic E-state index is 6.10. The fourth-order valence-electron chi connectivity index (χ4n) is 2.14. The number of nitrogens with one attached hydrogen (secondary N) is 2. The lowest BCUT2D eigenvalue weighted by molar-refractivity contribution is 0.339. The fraction of sp³-hybridized carbons (Fsp3) is 0.538. The van der Waals surface area contributed by atoms with Crippen LogP contribution in [0.3, 0.4) is 0 Å². The van der Waals surface area contributed by atoms with Crippen molar-refractivity contribution in [3.63, 3.8) is 0 Å². The van der Waals surface area contributed by atoms with E-state index in [1.54, 1.807) is 0 Å². The van der Waals surface area contributed by atoms with Gasteiger partial charge in [-0.15, -0.1) is 0 Å². The minimum Gasteiger partial charge on any atom is -0.491 e. The Bertz CT molecular complexity index is 408. The summed E-state index contributed by atoms with van der Waals surface area (Å²) in [4.78, 5) is 0. The van der Waals surface area contributed by atoms with Crippen LogP contribution in [-0.4, -0.2) is 25.7 Å². The number of rotatable bonds is 4. The van der Waals surface area contributed by atoms with E-state index in [0.717, 1.165) is 41.8 Å². The molecule has 18 heavy (non-hydrogen) atoms. The maximum absolute atomic E-state index is 6.10. The summed E-state index contributed by atoms with van der Waals surface area (Å²) in [6.07, 6.45) is 2.24. The van der Waals surface area contributed by atoms with Gasteiger partial charge in [-0.3, -0.25) is 0 Å². The standard InChI is InChI=1S/C13H18BrClN2O/c1-2-18-13-11(14)7-9(15)8-12(13)17-10-3-5-16-6-4-10/h7-8,10,16-17H,2-6H2,1H3. The van der Waals surface area contributed by atoms with Crippen LogP contribution in [-0.2, 0) is 0 Å². The minimum atomic E-state index is 0.482. The molecule has 1 aliphatic heterocycles. The molecule has 1 aromatic carbocycles. The SMILES string of the molecule is CCOc1c(Br)cc(Cl)cc1NC1CCNCC1. The molecule has 0 amide bonds. The van der Waals surface area contributed by atoms with Gasteiger partial charge in [-0.05, 0) is 60.9 Å². The van der Waals surface area contributed by atoms with Gasteiger partial charge in [-0.25, -0.2) is 0 Å². The summed E-state index contributed by atoms with van der Waals surface area (Å²) in [5.41, 5.74) is 0.975. The Balaban J connectivity index is 2.18. The highest BCUT2D eigenvalue weighted by molar-refractivity contribution is 9.10. The number of anilines is 1. The molecular weight excluding hydrogens is 316 g/mol. The van der Waals surface area contributed by atoms with E-state index in [0.29, 0.717) is 17.7 Å². The van der Waals surface area contributed by atoms with Crippen LogP contribution in [0.15, 0.2) is 16.6 Å². The average molecular weight is 334 g/mol. The highest BCUT2D eigenvalue weighted by atomic mass is 79.9. The first-order chi connectivity index (χ1) is 8.70. The average Bonchev–Trinajstić information content (AvgIpc) is 2.35. The van der Waals surface area contributed by atoms with E-state index in [4.69, 9.17) is 16.3 Å². The first kappa shape index (κ1) is 14.0. The summed E-state index contributed by atoms with van der Waals surface area (Å²) >= 11 is 9.60. The summed E-state index contributed by atoms with van der Waals surface area (Å²) in [7, 11) is 0. The second-order valence-corrected chi connectivity index (χ2v) is 5.66. The summed E-state index contributed by atoms with van der Waals surface area (Å²) < 4.78 is 6.58. The summed E-state index contributed by atoms with van der Waals surface area (Å²) in [5.74, 6) is 0.848. The molecule has 0 atom stereocenters. The van der Waals surface area contributed by atoms with Crippen LogP contribution < -0.4 is 15.4 Å². The molecule has 0 spiro atoms. The number of benzene rings is 1. The Morgan fingerprint density at radius 1 is 1.44 bits per heavy atom. The van der Waals surface area contributed by atoms with E-state index < -0.39 is 0 Å². The molecule has 1 aromatic rings. The van der Waals surface area contributed by atoms with Gasteiger partial charge in [0.15, 0.2) is 5.75 Å². The molecule has 0 aromatic heterocycles. The molecule has 1 aliphatic rings. The zero-order valence-electron chi connectivity index (χ0n) is 10.4. The van der Waals surface area contributed by atoms with Crippen LogP contribution in [0, 0.1) is 0 Å². The Morgan fingerprint density at radius 2 is 2.17 bits per heavy atom. The highest BCUT2D eigenvalue weighted by Crippen LogP contribution is 2.37. The quantitative estimate of drug-likeness (QED) is 0.882. The first-order valence-electron chi connectivity index (χ1n) is 6.29. The van der Waals surface area contributed by atoms with E-state index in [9.17, 15) is 0 Å². The van der Waals surface area contributed by atoms with Gasteiger partial charge in [-0.1, -0.05) is 11.6 Å². The zero-order valence-corrected chi connectivity index (χ0v) is 12.8. The van der Waals surface area contributed by atoms with Crippen LogP contribution in [0.2, 0.25) is 5.02 Å². The monoisotopic (exact) mass is 332 g/mol. The predicted octanol–water partition coefficient (Wildman–Crippen LogP) is 3.67. The van der Waals surface area contributed by atoms with E-state index >= 15 is 0 Å². The maximum Gasteiger partial charge on any atom is 0.156 e. The van der Waals surface area contributed by atoms with E-state index in [2.05, 4.69) is 26.6 Å². The lowest BCUT2D eigenvalue weighted by Crippen LogP contribution is -2.35. The van der Waals surface area contributed by atoms with Gasteiger partial charge in [0.2, 0.25) is 0 Å². The third kappa shape index (κ3) is 3.53. The van der Waals surface area contributed by atoms with Gasteiger partial charge in [0.1, 0.15) is 0 Å². The zero-order chi connectivity index (χ0) is 13.0. The lowest BCUT2D eigenvalue weighted by atomic mass is 10.1. The van der Waals surface area contributed by atoms with E-state index in [1.165, 1.54) is 0 Å². The van der Waals surface area contributed by atoms with Crippen molar-refractivity contribution in [2.24, 2.45) is 0 Å². The van der Waals surface area contributed by atoms with Crippen molar-refractivity contribution in [2.75, 3.05) is 25.0 Å². The molecule has 0 saturated carbocycles. The Morgan fingerprint density at radius 3 is 2.83 bits per heavy atom. The summed E-state index contributed by atoms with van der Waals surface area (Å²) in [6.45, 7) is 4.74. The van der Waals surface area contributed by atoms with Crippen molar-refractivity contribution >= 4 is 33.2 Å². The van der Waals surface area contributed by atoms with Crippen LogP contribution in [0.1, 0.15) is 19.8 Å². The van der Waals surface area contributed by atoms with Gasteiger partial charge in [0, 0.05) is 11.1 Å². The normalized spacial score (nSPS) is 16.6. The van der Waals surface area contributed by atoms with E-state index in [-0.39, 0.29) is 0 Å².